The van der Waals surface area contributed by atoms with E-state index in [2.05, 4.69) is 15.6 Å². The van der Waals surface area contributed by atoms with Gasteiger partial charge in [0.2, 0.25) is 0 Å². The van der Waals surface area contributed by atoms with E-state index in [4.69, 9.17) is 9.47 Å². The lowest BCUT2D eigenvalue weighted by Gasteiger charge is -2.09. The van der Waals surface area contributed by atoms with Gasteiger partial charge in [-0.15, -0.1) is 16.4 Å². The van der Waals surface area contributed by atoms with Gasteiger partial charge in [0.15, 0.2) is 5.69 Å². The molecule has 2 heterocycles. The van der Waals surface area contributed by atoms with E-state index in [1.165, 1.54) is 25.6 Å². The maximum Gasteiger partial charge on any atom is 0.341 e. The van der Waals surface area contributed by atoms with E-state index >= 15 is 0 Å². The van der Waals surface area contributed by atoms with E-state index < -0.39 is 11.9 Å². The molecular weight excluding hydrogens is 392 g/mol. The molecule has 9 heteroatoms. The summed E-state index contributed by atoms with van der Waals surface area (Å²) in [6.07, 6.45) is 0. The van der Waals surface area contributed by atoms with E-state index in [0.29, 0.717) is 16.3 Å². The first-order valence-corrected chi connectivity index (χ1v) is 9.69. The van der Waals surface area contributed by atoms with Gasteiger partial charge >= 0.3 is 5.97 Å². The number of aromatic nitrogens is 3. The number of nitrogens with one attached hydrogen (secondary N) is 1. The van der Waals surface area contributed by atoms with Crippen molar-refractivity contribution in [2.24, 2.45) is 0 Å². The maximum atomic E-state index is 13.0. The average Bonchev–Trinajstić information content (AvgIpc) is 3.23. The lowest BCUT2D eigenvalue weighted by molar-refractivity contribution is 0.0601. The smallest absolute Gasteiger partial charge is 0.341 e. The monoisotopic (exact) mass is 414 g/mol. The second kappa shape index (κ2) is 8.54. The molecule has 0 bridgehead atoms. The fraction of sp³-hybridized carbons (Fsp3) is 0.300. The van der Waals surface area contributed by atoms with Crippen LogP contribution in [0.1, 0.15) is 42.5 Å². The summed E-state index contributed by atoms with van der Waals surface area (Å²) in [6.45, 7) is 5.82. The molecule has 1 N–H and O–H groups in total. The van der Waals surface area contributed by atoms with Crippen LogP contribution in [-0.4, -0.2) is 41.1 Å². The van der Waals surface area contributed by atoms with Crippen molar-refractivity contribution >= 4 is 28.2 Å². The zero-order valence-corrected chi connectivity index (χ0v) is 17.7. The highest BCUT2D eigenvalue weighted by molar-refractivity contribution is 7.16. The number of carbonyl (C=O) groups is 2. The van der Waals surface area contributed by atoms with Gasteiger partial charge in [0, 0.05) is 12.0 Å². The van der Waals surface area contributed by atoms with Crippen LogP contribution >= 0.6 is 11.3 Å². The van der Waals surface area contributed by atoms with Gasteiger partial charge in [0.05, 0.1) is 25.0 Å². The number of benzene rings is 1. The molecule has 0 fully saturated rings. The molecule has 152 valence electrons. The molecule has 0 atom stereocenters. The quantitative estimate of drug-likeness (QED) is 0.621. The minimum atomic E-state index is -0.498. The molecule has 0 unspecified atom stereocenters. The summed E-state index contributed by atoms with van der Waals surface area (Å²) in [5.41, 5.74) is 3.61. The van der Waals surface area contributed by atoms with Gasteiger partial charge in [-0.25, -0.2) is 9.48 Å². The van der Waals surface area contributed by atoms with Crippen molar-refractivity contribution in [2.75, 3.05) is 19.5 Å². The molecule has 0 spiro atoms. The number of amides is 1. The molecule has 0 aliphatic rings. The van der Waals surface area contributed by atoms with Crippen molar-refractivity contribution in [1.29, 1.82) is 0 Å². The van der Waals surface area contributed by atoms with Crippen molar-refractivity contribution in [3.8, 4) is 5.69 Å². The summed E-state index contributed by atoms with van der Waals surface area (Å²) in [5.74, 6) is -0.968. The van der Waals surface area contributed by atoms with Crippen LogP contribution in [0, 0.1) is 20.8 Å². The van der Waals surface area contributed by atoms with Crippen molar-refractivity contribution in [3.05, 3.63) is 57.2 Å². The predicted octanol–water partition coefficient (Wildman–Crippen LogP) is 3.44. The molecule has 0 aliphatic carbocycles. The number of nitrogens with zero attached hydrogens (tertiary/aromatic N) is 3. The molecule has 1 amide bonds. The van der Waals surface area contributed by atoms with Crippen molar-refractivity contribution in [2.45, 2.75) is 27.4 Å². The van der Waals surface area contributed by atoms with Crippen molar-refractivity contribution < 1.29 is 19.1 Å². The van der Waals surface area contributed by atoms with Gasteiger partial charge < -0.3 is 14.8 Å². The molecule has 0 aliphatic heterocycles. The van der Waals surface area contributed by atoms with E-state index in [9.17, 15) is 9.59 Å². The Bertz CT molecular complexity index is 1070. The molecule has 29 heavy (non-hydrogen) atoms. The first-order valence-electron chi connectivity index (χ1n) is 8.87. The fourth-order valence-corrected chi connectivity index (χ4v) is 3.98. The number of hydrogen-bond acceptors (Lipinski definition) is 7. The molecule has 1 aromatic carbocycles. The summed E-state index contributed by atoms with van der Waals surface area (Å²) < 4.78 is 11.7. The van der Waals surface area contributed by atoms with Crippen LogP contribution < -0.4 is 5.32 Å². The van der Waals surface area contributed by atoms with Crippen LogP contribution in [-0.2, 0) is 16.1 Å². The van der Waals surface area contributed by atoms with Gasteiger partial charge in [0.25, 0.3) is 5.91 Å². The minimum Gasteiger partial charge on any atom is -0.465 e. The Morgan fingerprint density at radius 3 is 2.62 bits per heavy atom. The average molecular weight is 414 g/mol. The van der Waals surface area contributed by atoms with E-state index in [1.54, 1.807) is 4.68 Å². The van der Waals surface area contributed by atoms with E-state index in [1.807, 2.05) is 45.0 Å². The summed E-state index contributed by atoms with van der Waals surface area (Å²) >= 11 is 1.31. The van der Waals surface area contributed by atoms with Crippen LogP contribution in [0.25, 0.3) is 5.69 Å². The lowest BCUT2D eigenvalue weighted by Crippen LogP contribution is -2.17. The first kappa shape index (κ1) is 20.7. The van der Waals surface area contributed by atoms with Gasteiger partial charge in [-0.05, 0) is 44.0 Å². The summed E-state index contributed by atoms with van der Waals surface area (Å²) in [7, 11) is 2.85. The Balaban J connectivity index is 1.99. The highest BCUT2D eigenvalue weighted by atomic mass is 32.1. The number of thiophene rings is 1. The molecule has 0 radical (unpaired) electrons. The van der Waals surface area contributed by atoms with Gasteiger partial charge in [-0.2, -0.15) is 0 Å². The third-order valence-electron chi connectivity index (χ3n) is 4.51. The van der Waals surface area contributed by atoms with Crippen molar-refractivity contribution in [3.63, 3.8) is 0 Å². The van der Waals surface area contributed by atoms with Crippen LogP contribution in [0.2, 0.25) is 0 Å². The minimum absolute atomic E-state index is 0.132. The maximum absolute atomic E-state index is 13.0. The molecule has 0 saturated heterocycles. The predicted molar refractivity (Wildman–Crippen MR) is 110 cm³/mol. The standard InChI is InChI=1S/C20H22N4O4S/c1-11-7-6-8-14(9-11)24-15(10-27-4)17(22-23-24)18(25)21-19-16(20(26)28-5)12(2)13(3)29-19/h6-9H,10H2,1-5H3,(H,21,25). The largest absolute Gasteiger partial charge is 0.465 e. The van der Waals surface area contributed by atoms with Gasteiger partial charge in [0.1, 0.15) is 10.7 Å². The molecule has 3 aromatic rings. The first-order chi connectivity index (χ1) is 13.9. The fourth-order valence-electron chi connectivity index (χ4n) is 2.94. The molecule has 2 aromatic heterocycles. The Kier molecular flexibility index (Phi) is 6.09. The Morgan fingerprint density at radius 2 is 1.97 bits per heavy atom. The normalized spacial score (nSPS) is 10.8. The number of carbonyl (C=O) groups excluding carboxylic acids is 2. The number of anilines is 1. The number of ether oxygens (including phenoxy) is 2. The van der Waals surface area contributed by atoms with Crippen LogP contribution in [0.4, 0.5) is 5.00 Å². The van der Waals surface area contributed by atoms with Gasteiger partial charge in [-0.1, -0.05) is 17.3 Å². The molecule has 0 saturated carbocycles. The highest BCUT2D eigenvalue weighted by Crippen LogP contribution is 2.33. The van der Waals surface area contributed by atoms with Crippen molar-refractivity contribution in [1.82, 2.24) is 15.0 Å². The second-order valence-corrected chi connectivity index (χ2v) is 7.73. The Labute approximate surface area is 172 Å². The van der Waals surface area contributed by atoms with Gasteiger partial charge in [-0.3, -0.25) is 4.79 Å². The highest BCUT2D eigenvalue weighted by Gasteiger charge is 2.25. The topological polar surface area (TPSA) is 95.3 Å². The third-order valence-corrected chi connectivity index (χ3v) is 5.63. The van der Waals surface area contributed by atoms with Crippen LogP contribution in [0.5, 0.6) is 0 Å². The molecular formula is C20H22N4O4S. The summed E-state index contributed by atoms with van der Waals surface area (Å²) in [6, 6.07) is 7.70. The third kappa shape index (κ3) is 4.06. The summed E-state index contributed by atoms with van der Waals surface area (Å²) in [4.78, 5) is 26.1. The van der Waals surface area contributed by atoms with Crippen LogP contribution in [0.3, 0.4) is 0 Å². The number of hydrogen-bond donors (Lipinski definition) is 1. The molecule has 8 nitrogen and oxygen atoms in total. The SMILES string of the molecule is COCc1c(C(=O)Nc2sc(C)c(C)c2C(=O)OC)nnn1-c1cccc(C)c1. The zero-order valence-electron chi connectivity index (χ0n) is 16.9. The number of rotatable bonds is 6. The number of esters is 1. The second-order valence-electron chi connectivity index (χ2n) is 6.50. The summed E-state index contributed by atoms with van der Waals surface area (Å²) in [5, 5.41) is 11.4. The lowest BCUT2D eigenvalue weighted by atomic mass is 10.1. The number of aryl methyl sites for hydroxylation is 2. The number of methoxy groups -OCH3 is 2. The van der Waals surface area contributed by atoms with Crippen LogP contribution in [0.15, 0.2) is 24.3 Å². The van der Waals surface area contributed by atoms with E-state index in [-0.39, 0.29) is 12.3 Å². The van der Waals surface area contributed by atoms with E-state index in [0.717, 1.165) is 21.7 Å². The Hall–Kier alpha value is -3.04. The Morgan fingerprint density at radius 1 is 1.21 bits per heavy atom. The molecule has 3 rings (SSSR count). The zero-order chi connectivity index (χ0) is 21.1.